The van der Waals surface area contributed by atoms with Gasteiger partial charge in [0.05, 0.1) is 5.60 Å². The highest BCUT2D eigenvalue weighted by Gasteiger charge is 2.29. The Hall–Kier alpha value is -0.370. The van der Waals surface area contributed by atoms with Crippen LogP contribution in [0.1, 0.15) is 44.9 Å². The van der Waals surface area contributed by atoms with Crippen molar-refractivity contribution in [1.82, 2.24) is 0 Å². The number of carbonyl (C=O) groups is 1. The van der Waals surface area contributed by atoms with Crippen LogP contribution in [0.15, 0.2) is 0 Å². The standard InChI is InChI=1S/C9H16O2/c10-8-4-3-7-9(11)5-1-2-6-9/h8,11H,1-7H2. The highest BCUT2D eigenvalue weighted by molar-refractivity contribution is 5.48. The number of hydrogen-bond donors (Lipinski definition) is 1. The minimum Gasteiger partial charge on any atom is -0.390 e. The third-order valence-corrected chi connectivity index (χ3v) is 2.50. The lowest BCUT2D eigenvalue weighted by Gasteiger charge is -2.20. The van der Waals surface area contributed by atoms with E-state index >= 15 is 0 Å². The molecule has 0 aromatic carbocycles. The third kappa shape index (κ3) is 2.62. The number of aldehydes is 1. The van der Waals surface area contributed by atoms with Gasteiger partial charge in [-0.25, -0.2) is 0 Å². The topological polar surface area (TPSA) is 37.3 Å². The number of rotatable bonds is 4. The minimum absolute atomic E-state index is 0.414. The summed E-state index contributed by atoms with van der Waals surface area (Å²) < 4.78 is 0. The van der Waals surface area contributed by atoms with Crippen LogP contribution in [-0.2, 0) is 4.79 Å². The average molecular weight is 156 g/mol. The van der Waals surface area contributed by atoms with Crippen LogP contribution in [0.2, 0.25) is 0 Å². The first-order valence-corrected chi connectivity index (χ1v) is 4.43. The van der Waals surface area contributed by atoms with Gasteiger partial charge in [-0.15, -0.1) is 0 Å². The van der Waals surface area contributed by atoms with Crippen molar-refractivity contribution in [3.05, 3.63) is 0 Å². The smallest absolute Gasteiger partial charge is 0.119 e. The molecule has 1 N–H and O–H groups in total. The van der Waals surface area contributed by atoms with Crippen LogP contribution in [0.25, 0.3) is 0 Å². The van der Waals surface area contributed by atoms with E-state index in [9.17, 15) is 9.90 Å². The summed E-state index contributed by atoms with van der Waals surface area (Å²) in [5.41, 5.74) is -0.414. The molecule has 1 aliphatic rings. The van der Waals surface area contributed by atoms with Gasteiger partial charge in [-0.3, -0.25) is 0 Å². The Morgan fingerprint density at radius 1 is 1.36 bits per heavy atom. The molecule has 0 bridgehead atoms. The van der Waals surface area contributed by atoms with Crippen molar-refractivity contribution in [2.75, 3.05) is 0 Å². The molecule has 64 valence electrons. The van der Waals surface area contributed by atoms with E-state index in [-0.39, 0.29) is 0 Å². The maximum Gasteiger partial charge on any atom is 0.119 e. The van der Waals surface area contributed by atoms with Crippen molar-refractivity contribution >= 4 is 6.29 Å². The van der Waals surface area contributed by atoms with Gasteiger partial charge in [0.1, 0.15) is 6.29 Å². The number of aliphatic hydroxyl groups is 1. The zero-order valence-electron chi connectivity index (χ0n) is 6.88. The number of unbranched alkanes of at least 4 members (excludes halogenated alkanes) is 1. The van der Waals surface area contributed by atoms with Gasteiger partial charge in [-0.2, -0.15) is 0 Å². The van der Waals surface area contributed by atoms with Gasteiger partial charge in [0.15, 0.2) is 0 Å². The number of hydrogen-bond acceptors (Lipinski definition) is 2. The lowest BCUT2D eigenvalue weighted by molar-refractivity contribution is -0.108. The number of carbonyl (C=O) groups excluding carboxylic acids is 1. The van der Waals surface area contributed by atoms with Crippen molar-refractivity contribution in [3.8, 4) is 0 Å². The molecule has 0 aromatic heterocycles. The molecule has 1 fully saturated rings. The Morgan fingerprint density at radius 3 is 2.55 bits per heavy atom. The van der Waals surface area contributed by atoms with Crippen LogP contribution in [-0.4, -0.2) is 17.0 Å². The van der Waals surface area contributed by atoms with Gasteiger partial charge in [0.25, 0.3) is 0 Å². The second-order valence-electron chi connectivity index (χ2n) is 3.49. The van der Waals surface area contributed by atoms with Gasteiger partial charge in [0, 0.05) is 6.42 Å². The van der Waals surface area contributed by atoms with Gasteiger partial charge in [0.2, 0.25) is 0 Å². The largest absolute Gasteiger partial charge is 0.390 e. The van der Waals surface area contributed by atoms with Gasteiger partial charge in [-0.1, -0.05) is 12.8 Å². The normalized spacial score (nSPS) is 21.9. The molecule has 0 aliphatic heterocycles. The molecule has 0 aromatic rings. The summed E-state index contributed by atoms with van der Waals surface area (Å²) in [4.78, 5) is 10.0. The molecule has 0 atom stereocenters. The Balaban J connectivity index is 2.17. The summed E-state index contributed by atoms with van der Waals surface area (Å²) in [6, 6.07) is 0. The predicted molar refractivity (Wildman–Crippen MR) is 43.3 cm³/mol. The van der Waals surface area contributed by atoms with Crippen LogP contribution >= 0.6 is 0 Å². The fourth-order valence-electron chi connectivity index (χ4n) is 1.80. The molecule has 2 heteroatoms. The summed E-state index contributed by atoms with van der Waals surface area (Å²) in [6.07, 6.45) is 7.36. The van der Waals surface area contributed by atoms with Crippen LogP contribution in [0.4, 0.5) is 0 Å². The second kappa shape index (κ2) is 3.86. The SMILES string of the molecule is O=CCCCC1(O)CCCC1. The van der Waals surface area contributed by atoms with E-state index in [1.807, 2.05) is 0 Å². The Labute approximate surface area is 67.6 Å². The van der Waals surface area contributed by atoms with Gasteiger partial charge in [-0.05, 0) is 25.7 Å². The molecule has 0 amide bonds. The molecular weight excluding hydrogens is 140 g/mol. The zero-order valence-corrected chi connectivity index (χ0v) is 6.88. The maximum absolute atomic E-state index is 10.0. The van der Waals surface area contributed by atoms with Crippen molar-refractivity contribution in [1.29, 1.82) is 0 Å². The first kappa shape index (κ1) is 8.72. The molecule has 0 saturated heterocycles. The zero-order chi connectivity index (χ0) is 8.16. The lowest BCUT2D eigenvalue weighted by atomic mass is 9.95. The molecule has 1 rings (SSSR count). The van der Waals surface area contributed by atoms with Crippen molar-refractivity contribution < 1.29 is 9.90 Å². The van der Waals surface area contributed by atoms with E-state index in [1.54, 1.807) is 0 Å². The van der Waals surface area contributed by atoms with E-state index in [0.29, 0.717) is 6.42 Å². The molecule has 0 heterocycles. The van der Waals surface area contributed by atoms with Crippen molar-refractivity contribution in [2.45, 2.75) is 50.5 Å². The van der Waals surface area contributed by atoms with Gasteiger partial charge < -0.3 is 9.90 Å². The summed E-state index contributed by atoms with van der Waals surface area (Å²) in [5, 5.41) is 9.80. The Kier molecular flexibility index (Phi) is 3.06. The minimum atomic E-state index is -0.414. The molecule has 0 spiro atoms. The van der Waals surface area contributed by atoms with Crippen LogP contribution < -0.4 is 0 Å². The molecule has 0 radical (unpaired) electrons. The third-order valence-electron chi connectivity index (χ3n) is 2.50. The van der Waals surface area contributed by atoms with E-state index in [0.717, 1.165) is 44.8 Å². The molecule has 1 aliphatic carbocycles. The fraction of sp³-hybridized carbons (Fsp3) is 0.889. The van der Waals surface area contributed by atoms with E-state index in [1.165, 1.54) is 0 Å². The van der Waals surface area contributed by atoms with E-state index in [4.69, 9.17) is 0 Å². The molecule has 0 unspecified atom stereocenters. The quantitative estimate of drug-likeness (QED) is 0.496. The maximum atomic E-state index is 10.0. The highest BCUT2D eigenvalue weighted by atomic mass is 16.3. The Bertz CT molecular complexity index is 126. The van der Waals surface area contributed by atoms with Gasteiger partial charge >= 0.3 is 0 Å². The van der Waals surface area contributed by atoms with Crippen molar-refractivity contribution in [3.63, 3.8) is 0 Å². The lowest BCUT2D eigenvalue weighted by Crippen LogP contribution is -2.23. The van der Waals surface area contributed by atoms with E-state index in [2.05, 4.69) is 0 Å². The summed E-state index contributed by atoms with van der Waals surface area (Å²) >= 11 is 0. The first-order valence-electron chi connectivity index (χ1n) is 4.43. The van der Waals surface area contributed by atoms with Crippen molar-refractivity contribution in [2.24, 2.45) is 0 Å². The van der Waals surface area contributed by atoms with E-state index < -0.39 is 5.60 Å². The Morgan fingerprint density at radius 2 is 2.00 bits per heavy atom. The summed E-state index contributed by atoms with van der Waals surface area (Å²) in [7, 11) is 0. The monoisotopic (exact) mass is 156 g/mol. The average Bonchev–Trinajstić information content (AvgIpc) is 2.38. The predicted octanol–water partition coefficient (Wildman–Crippen LogP) is 1.66. The molecule has 11 heavy (non-hydrogen) atoms. The molecule has 1 saturated carbocycles. The summed E-state index contributed by atoms with van der Waals surface area (Å²) in [6.45, 7) is 0. The molecule has 2 nitrogen and oxygen atoms in total. The second-order valence-corrected chi connectivity index (χ2v) is 3.49. The first-order chi connectivity index (χ1) is 5.27. The fourth-order valence-corrected chi connectivity index (χ4v) is 1.80. The molecular formula is C9H16O2. The summed E-state index contributed by atoms with van der Waals surface area (Å²) in [5.74, 6) is 0. The van der Waals surface area contributed by atoms with Crippen LogP contribution in [0, 0.1) is 0 Å². The van der Waals surface area contributed by atoms with Crippen LogP contribution in [0.3, 0.4) is 0 Å². The highest BCUT2D eigenvalue weighted by Crippen LogP contribution is 2.33. The van der Waals surface area contributed by atoms with Crippen LogP contribution in [0.5, 0.6) is 0 Å².